The second-order valence-corrected chi connectivity index (χ2v) is 7.77. The van der Waals surface area contributed by atoms with E-state index >= 15 is 0 Å². The SMILES string of the molecule is Cc1nc(SCC(=O)Nc2ccc3c(c2)OCO3)c(C#N)cc1C(=O)Nc1ccccc1. The molecule has 2 amide bonds. The quantitative estimate of drug-likeness (QED) is 0.551. The number of aromatic nitrogens is 1. The zero-order chi connectivity index (χ0) is 22.5. The number of para-hydroxylation sites is 1. The Hall–Kier alpha value is -4.03. The summed E-state index contributed by atoms with van der Waals surface area (Å²) in [6.45, 7) is 1.85. The average Bonchev–Trinajstić information content (AvgIpc) is 3.26. The zero-order valence-corrected chi connectivity index (χ0v) is 17.9. The Morgan fingerprint density at radius 3 is 2.62 bits per heavy atom. The monoisotopic (exact) mass is 446 g/mol. The number of rotatable bonds is 6. The molecule has 0 aliphatic carbocycles. The van der Waals surface area contributed by atoms with Crippen molar-refractivity contribution >= 4 is 35.0 Å². The summed E-state index contributed by atoms with van der Waals surface area (Å²) in [6.07, 6.45) is 0. The van der Waals surface area contributed by atoms with E-state index in [0.717, 1.165) is 11.8 Å². The molecule has 0 unspecified atom stereocenters. The molecule has 0 bridgehead atoms. The lowest BCUT2D eigenvalue weighted by atomic mass is 10.1. The van der Waals surface area contributed by atoms with Gasteiger partial charge in [-0.05, 0) is 37.3 Å². The van der Waals surface area contributed by atoms with Crippen LogP contribution >= 0.6 is 11.8 Å². The molecule has 32 heavy (non-hydrogen) atoms. The van der Waals surface area contributed by atoms with Crippen molar-refractivity contribution in [3.8, 4) is 17.6 Å². The van der Waals surface area contributed by atoms with Crippen LogP contribution in [0, 0.1) is 18.3 Å². The molecule has 0 atom stereocenters. The molecule has 2 aromatic carbocycles. The van der Waals surface area contributed by atoms with Gasteiger partial charge in [-0.2, -0.15) is 5.26 Å². The number of pyridine rings is 1. The van der Waals surface area contributed by atoms with Gasteiger partial charge in [0.15, 0.2) is 11.5 Å². The molecule has 2 N–H and O–H groups in total. The molecule has 8 nitrogen and oxygen atoms in total. The summed E-state index contributed by atoms with van der Waals surface area (Å²) in [5, 5.41) is 15.5. The van der Waals surface area contributed by atoms with Gasteiger partial charge in [0.1, 0.15) is 11.1 Å². The van der Waals surface area contributed by atoms with Crippen LogP contribution in [0.5, 0.6) is 11.5 Å². The number of fused-ring (bicyclic) bond motifs is 1. The number of nitriles is 1. The minimum atomic E-state index is -0.352. The lowest BCUT2D eigenvalue weighted by molar-refractivity contribution is -0.113. The summed E-state index contributed by atoms with van der Waals surface area (Å²) >= 11 is 1.13. The van der Waals surface area contributed by atoms with Crippen molar-refractivity contribution in [1.82, 2.24) is 4.98 Å². The third-order valence-corrected chi connectivity index (χ3v) is 5.56. The molecule has 3 aromatic rings. The highest BCUT2D eigenvalue weighted by atomic mass is 32.2. The van der Waals surface area contributed by atoms with Crippen molar-refractivity contribution in [2.24, 2.45) is 0 Å². The summed E-state index contributed by atoms with van der Waals surface area (Å²) in [4.78, 5) is 29.4. The van der Waals surface area contributed by atoms with Crippen molar-refractivity contribution < 1.29 is 19.1 Å². The standard InChI is InChI=1S/C23H18N4O4S/c1-14-18(22(29)27-16-5-3-2-4-6-16)9-15(11-24)23(25-14)32-12-21(28)26-17-7-8-19-20(10-17)31-13-30-19/h2-10H,12-13H2,1H3,(H,26,28)(H,27,29). The number of anilines is 2. The molecule has 2 heterocycles. The predicted octanol–water partition coefficient (Wildman–Crippen LogP) is 3.97. The van der Waals surface area contributed by atoms with Crippen molar-refractivity contribution in [2.75, 3.05) is 23.2 Å². The van der Waals surface area contributed by atoms with Crippen molar-refractivity contribution in [2.45, 2.75) is 11.9 Å². The first-order valence-electron chi connectivity index (χ1n) is 9.64. The summed E-state index contributed by atoms with van der Waals surface area (Å²) in [6, 6.07) is 17.7. The van der Waals surface area contributed by atoms with Gasteiger partial charge in [0.05, 0.1) is 22.6 Å². The molecule has 1 aromatic heterocycles. The molecule has 0 radical (unpaired) electrons. The highest BCUT2D eigenvalue weighted by Gasteiger charge is 2.18. The molecule has 1 aliphatic rings. The number of nitrogens with one attached hydrogen (secondary N) is 2. The van der Waals surface area contributed by atoms with Crippen molar-refractivity contribution in [3.63, 3.8) is 0 Å². The minimum Gasteiger partial charge on any atom is -0.454 e. The van der Waals surface area contributed by atoms with E-state index in [2.05, 4.69) is 21.7 Å². The maximum Gasteiger partial charge on any atom is 0.257 e. The number of hydrogen-bond donors (Lipinski definition) is 2. The molecule has 4 rings (SSSR count). The van der Waals surface area contributed by atoms with Gasteiger partial charge in [0.25, 0.3) is 5.91 Å². The van der Waals surface area contributed by atoms with Crippen LogP contribution in [0.15, 0.2) is 59.6 Å². The third-order valence-electron chi connectivity index (χ3n) is 4.57. The van der Waals surface area contributed by atoms with Crippen LogP contribution in [-0.2, 0) is 4.79 Å². The Kier molecular flexibility index (Phi) is 6.24. The number of hydrogen-bond acceptors (Lipinski definition) is 7. The summed E-state index contributed by atoms with van der Waals surface area (Å²) in [5.74, 6) is 0.638. The molecule has 9 heteroatoms. The van der Waals surface area contributed by atoms with E-state index < -0.39 is 0 Å². The first-order valence-corrected chi connectivity index (χ1v) is 10.6. The van der Waals surface area contributed by atoms with Gasteiger partial charge in [-0.3, -0.25) is 9.59 Å². The van der Waals surface area contributed by atoms with E-state index in [0.29, 0.717) is 39.2 Å². The number of thioether (sulfide) groups is 1. The Labute approximate surface area is 188 Å². The van der Waals surface area contributed by atoms with Gasteiger partial charge in [-0.15, -0.1) is 0 Å². The Balaban J connectivity index is 1.42. The van der Waals surface area contributed by atoms with E-state index in [-0.39, 0.29) is 29.9 Å². The third kappa shape index (κ3) is 4.82. The van der Waals surface area contributed by atoms with Gasteiger partial charge in [-0.1, -0.05) is 30.0 Å². The number of nitrogens with zero attached hydrogens (tertiary/aromatic N) is 2. The molecule has 0 saturated carbocycles. The number of ether oxygens (including phenoxy) is 2. The fourth-order valence-electron chi connectivity index (χ4n) is 3.03. The van der Waals surface area contributed by atoms with E-state index in [1.807, 2.05) is 18.2 Å². The van der Waals surface area contributed by atoms with Gasteiger partial charge >= 0.3 is 0 Å². The van der Waals surface area contributed by atoms with Crippen molar-refractivity contribution in [3.05, 3.63) is 71.4 Å². The largest absolute Gasteiger partial charge is 0.454 e. The van der Waals surface area contributed by atoms with Gasteiger partial charge in [0, 0.05) is 17.4 Å². The van der Waals surface area contributed by atoms with E-state index in [1.54, 1.807) is 37.3 Å². The van der Waals surface area contributed by atoms with Gasteiger partial charge in [-0.25, -0.2) is 4.98 Å². The maximum atomic E-state index is 12.6. The highest BCUT2D eigenvalue weighted by molar-refractivity contribution is 8.00. The minimum absolute atomic E-state index is 0.0467. The fraction of sp³-hybridized carbons (Fsp3) is 0.130. The second-order valence-electron chi connectivity index (χ2n) is 6.81. The number of carbonyl (C=O) groups excluding carboxylic acids is 2. The average molecular weight is 446 g/mol. The molecule has 0 saturated heterocycles. The lowest BCUT2D eigenvalue weighted by Crippen LogP contribution is -2.16. The smallest absolute Gasteiger partial charge is 0.257 e. The molecule has 1 aliphatic heterocycles. The fourth-order valence-corrected chi connectivity index (χ4v) is 3.83. The normalized spacial score (nSPS) is 11.5. The predicted molar refractivity (Wildman–Crippen MR) is 120 cm³/mol. The van der Waals surface area contributed by atoms with Crippen LogP contribution in [0.3, 0.4) is 0 Å². The Bertz CT molecular complexity index is 1220. The highest BCUT2D eigenvalue weighted by Crippen LogP contribution is 2.34. The van der Waals surface area contributed by atoms with E-state index in [4.69, 9.17) is 9.47 Å². The Morgan fingerprint density at radius 1 is 1.06 bits per heavy atom. The van der Waals surface area contributed by atoms with E-state index in [1.165, 1.54) is 6.07 Å². The van der Waals surface area contributed by atoms with E-state index in [9.17, 15) is 14.9 Å². The topological polar surface area (TPSA) is 113 Å². The summed E-state index contributed by atoms with van der Waals surface area (Å²) < 4.78 is 10.6. The van der Waals surface area contributed by atoms with Crippen LogP contribution in [0.2, 0.25) is 0 Å². The van der Waals surface area contributed by atoms with Crippen molar-refractivity contribution in [1.29, 1.82) is 5.26 Å². The lowest BCUT2D eigenvalue weighted by Gasteiger charge is -2.11. The summed E-state index contributed by atoms with van der Waals surface area (Å²) in [5.41, 5.74) is 2.23. The van der Waals surface area contributed by atoms with Crippen LogP contribution in [0.1, 0.15) is 21.6 Å². The first-order chi connectivity index (χ1) is 15.5. The maximum absolute atomic E-state index is 12.6. The summed E-state index contributed by atoms with van der Waals surface area (Å²) in [7, 11) is 0. The first kappa shape index (κ1) is 21.2. The second kappa shape index (κ2) is 9.41. The van der Waals surface area contributed by atoms with Crippen LogP contribution in [-0.4, -0.2) is 29.3 Å². The van der Waals surface area contributed by atoms with Gasteiger partial charge in [0.2, 0.25) is 12.7 Å². The van der Waals surface area contributed by atoms with Crippen LogP contribution in [0.25, 0.3) is 0 Å². The molecule has 0 fully saturated rings. The zero-order valence-electron chi connectivity index (χ0n) is 17.0. The Morgan fingerprint density at radius 2 is 1.84 bits per heavy atom. The molecular formula is C23H18N4O4S. The molecule has 0 spiro atoms. The number of benzene rings is 2. The number of carbonyl (C=O) groups is 2. The number of aryl methyl sites for hydroxylation is 1. The van der Waals surface area contributed by atoms with Crippen LogP contribution < -0.4 is 20.1 Å². The molecule has 160 valence electrons. The van der Waals surface area contributed by atoms with Crippen LogP contribution in [0.4, 0.5) is 11.4 Å². The molecular weight excluding hydrogens is 428 g/mol. The van der Waals surface area contributed by atoms with Gasteiger partial charge < -0.3 is 20.1 Å². The number of amides is 2.